The molecule has 118 valence electrons. The molecule has 1 aliphatic heterocycles. The molecule has 1 fully saturated rings. The van der Waals surface area contributed by atoms with Crippen LogP contribution in [-0.4, -0.2) is 29.9 Å². The third-order valence-corrected chi connectivity index (χ3v) is 3.83. The third kappa shape index (κ3) is 5.68. The zero-order chi connectivity index (χ0) is 14.5. The van der Waals surface area contributed by atoms with Crippen molar-refractivity contribution in [1.82, 2.24) is 4.90 Å². The van der Waals surface area contributed by atoms with Crippen LogP contribution in [0.25, 0.3) is 0 Å². The van der Waals surface area contributed by atoms with E-state index in [1.54, 1.807) is 0 Å². The van der Waals surface area contributed by atoms with Crippen molar-refractivity contribution in [3.8, 4) is 0 Å². The molecular weight excluding hydrogens is 284 g/mol. The van der Waals surface area contributed by atoms with E-state index >= 15 is 0 Å². The molecule has 4 heteroatoms. The lowest BCUT2D eigenvalue weighted by Gasteiger charge is -2.30. The van der Waals surface area contributed by atoms with E-state index in [4.69, 9.17) is 5.73 Å². The topological polar surface area (TPSA) is 46.3 Å². The summed E-state index contributed by atoms with van der Waals surface area (Å²) < 4.78 is 0. The van der Waals surface area contributed by atoms with Gasteiger partial charge in [-0.15, -0.1) is 12.4 Å². The summed E-state index contributed by atoms with van der Waals surface area (Å²) >= 11 is 0. The summed E-state index contributed by atoms with van der Waals surface area (Å²) in [5.41, 5.74) is 8.37. The number of likely N-dealkylation sites (tertiary alicyclic amines) is 1. The van der Waals surface area contributed by atoms with Crippen LogP contribution in [0.15, 0.2) is 24.3 Å². The number of halogens is 1. The molecule has 2 N–H and O–H groups in total. The summed E-state index contributed by atoms with van der Waals surface area (Å²) in [6, 6.07) is 8.61. The van der Waals surface area contributed by atoms with Gasteiger partial charge in [-0.1, -0.05) is 38.1 Å². The van der Waals surface area contributed by atoms with E-state index in [1.807, 2.05) is 4.90 Å². The van der Waals surface area contributed by atoms with Crippen molar-refractivity contribution in [3.63, 3.8) is 0 Å². The van der Waals surface area contributed by atoms with E-state index in [0.717, 1.165) is 31.4 Å². The van der Waals surface area contributed by atoms with Gasteiger partial charge >= 0.3 is 0 Å². The summed E-state index contributed by atoms with van der Waals surface area (Å²) in [5.74, 6) is 0.870. The third-order valence-electron chi connectivity index (χ3n) is 3.83. The van der Waals surface area contributed by atoms with E-state index in [0.29, 0.717) is 18.9 Å². The SMILES string of the molecule is CC(C)Cc1ccc(CC(=O)N2CCCC(N)C2)cc1.Cl. The summed E-state index contributed by atoms with van der Waals surface area (Å²) in [7, 11) is 0. The van der Waals surface area contributed by atoms with Crippen molar-refractivity contribution in [2.45, 2.75) is 45.6 Å². The molecule has 1 atom stereocenters. The predicted molar refractivity (Wildman–Crippen MR) is 89.7 cm³/mol. The van der Waals surface area contributed by atoms with Crippen molar-refractivity contribution < 1.29 is 4.79 Å². The standard InChI is InChI=1S/C17H26N2O.ClH/c1-13(2)10-14-5-7-15(8-6-14)11-17(20)19-9-3-4-16(18)12-19;/h5-8,13,16H,3-4,9-12,18H2,1-2H3;1H. The highest BCUT2D eigenvalue weighted by Crippen LogP contribution is 2.13. The molecule has 1 amide bonds. The Balaban J connectivity index is 0.00000220. The Morgan fingerprint density at radius 1 is 1.29 bits per heavy atom. The molecule has 0 aliphatic carbocycles. The molecule has 1 aliphatic rings. The molecule has 1 aromatic carbocycles. The summed E-state index contributed by atoms with van der Waals surface area (Å²) in [4.78, 5) is 14.2. The average Bonchev–Trinajstić information content (AvgIpc) is 2.40. The first-order valence-corrected chi connectivity index (χ1v) is 7.65. The van der Waals surface area contributed by atoms with Gasteiger partial charge in [0, 0.05) is 19.1 Å². The lowest BCUT2D eigenvalue weighted by Crippen LogP contribution is -2.46. The first-order valence-electron chi connectivity index (χ1n) is 7.65. The molecule has 2 rings (SSSR count). The lowest BCUT2D eigenvalue weighted by molar-refractivity contribution is -0.131. The molecule has 0 bridgehead atoms. The highest BCUT2D eigenvalue weighted by atomic mass is 35.5. The van der Waals surface area contributed by atoms with Gasteiger partial charge < -0.3 is 10.6 Å². The van der Waals surface area contributed by atoms with Gasteiger partial charge in [0.1, 0.15) is 0 Å². The van der Waals surface area contributed by atoms with Crippen LogP contribution in [0.2, 0.25) is 0 Å². The van der Waals surface area contributed by atoms with Gasteiger partial charge in [0.05, 0.1) is 6.42 Å². The molecule has 1 aromatic rings. The number of carbonyl (C=O) groups is 1. The molecule has 0 aromatic heterocycles. The molecule has 21 heavy (non-hydrogen) atoms. The second kappa shape index (κ2) is 8.40. The van der Waals surface area contributed by atoms with Gasteiger partial charge in [-0.05, 0) is 36.3 Å². The number of nitrogens with zero attached hydrogens (tertiary/aromatic N) is 1. The van der Waals surface area contributed by atoms with Gasteiger partial charge in [0.25, 0.3) is 0 Å². The Bertz CT molecular complexity index is 445. The Labute approximate surface area is 134 Å². The first kappa shape index (κ1) is 18.0. The van der Waals surface area contributed by atoms with Crippen LogP contribution in [0.5, 0.6) is 0 Å². The number of nitrogens with two attached hydrogens (primary N) is 1. The zero-order valence-corrected chi connectivity index (χ0v) is 13.9. The van der Waals surface area contributed by atoms with Crippen LogP contribution in [0.1, 0.15) is 37.8 Å². The van der Waals surface area contributed by atoms with Crippen LogP contribution >= 0.6 is 12.4 Å². The number of piperidine rings is 1. The van der Waals surface area contributed by atoms with Gasteiger partial charge in [0.15, 0.2) is 0 Å². The maximum Gasteiger partial charge on any atom is 0.227 e. The number of benzene rings is 1. The second-order valence-corrected chi connectivity index (χ2v) is 6.33. The first-order chi connectivity index (χ1) is 9.54. The minimum atomic E-state index is 0. The fraction of sp³-hybridized carbons (Fsp3) is 0.588. The highest BCUT2D eigenvalue weighted by Gasteiger charge is 2.21. The number of carbonyl (C=O) groups excluding carboxylic acids is 1. The molecular formula is C17H27ClN2O. The molecule has 1 heterocycles. The quantitative estimate of drug-likeness (QED) is 0.929. The summed E-state index contributed by atoms with van der Waals surface area (Å²) in [6.45, 7) is 6.01. The molecule has 0 radical (unpaired) electrons. The largest absolute Gasteiger partial charge is 0.341 e. The summed E-state index contributed by atoms with van der Waals surface area (Å²) in [6.07, 6.45) is 3.65. The van der Waals surface area contributed by atoms with E-state index < -0.39 is 0 Å². The lowest BCUT2D eigenvalue weighted by atomic mass is 10.0. The molecule has 1 saturated heterocycles. The van der Waals surface area contributed by atoms with E-state index in [2.05, 4.69) is 38.1 Å². The van der Waals surface area contributed by atoms with E-state index in [-0.39, 0.29) is 24.4 Å². The van der Waals surface area contributed by atoms with Gasteiger partial charge in [0.2, 0.25) is 5.91 Å². The van der Waals surface area contributed by atoms with Crippen molar-refractivity contribution in [3.05, 3.63) is 35.4 Å². The fourth-order valence-electron chi connectivity index (χ4n) is 2.79. The molecule has 1 unspecified atom stereocenters. The highest BCUT2D eigenvalue weighted by molar-refractivity contribution is 5.85. The normalized spacial score (nSPS) is 18.5. The number of hydrogen-bond donors (Lipinski definition) is 1. The summed E-state index contributed by atoms with van der Waals surface area (Å²) in [5, 5.41) is 0. The number of hydrogen-bond acceptors (Lipinski definition) is 2. The minimum Gasteiger partial charge on any atom is -0.341 e. The van der Waals surface area contributed by atoms with E-state index in [1.165, 1.54) is 5.56 Å². The van der Waals surface area contributed by atoms with Crippen LogP contribution in [0.4, 0.5) is 0 Å². The Morgan fingerprint density at radius 2 is 1.90 bits per heavy atom. The Hall–Kier alpha value is -1.06. The zero-order valence-electron chi connectivity index (χ0n) is 13.0. The fourth-order valence-corrected chi connectivity index (χ4v) is 2.79. The maximum absolute atomic E-state index is 12.2. The van der Waals surface area contributed by atoms with Gasteiger partial charge in [-0.3, -0.25) is 4.79 Å². The van der Waals surface area contributed by atoms with Crippen LogP contribution in [0.3, 0.4) is 0 Å². The Kier molecular flexibility index (Phi) is 7.20. The smallest absolute Gasteiger partial charge is 0.227 e. The maximum atomic E-state index is 12.2. The number of amides is 1. The molecule has 3 nitrogen and oxygen atoms in total. The van der Waals surface area contributed by atoms with Crippen molar-refractivity contribution in [1.29, 1.82) is 0 Å². The van der Waals surface area contributed by atoms with Gasteiger partial charge in [-0.2, -0.15) is 0 Å². The van der Waals surface area contributed by atoms with Crippen LogP contribution in [-0.2, 0) is 17.6 Å². The molecule has 0 saturated carbocycles. The van der Waals surface area contributed by atoms with Gasteiger partial charge in [-0.25, -0.2) is 0 Å². The average molecular weight is 311 g/mol. The Morgan fingerprint density at radius 3 is 2.48 bits per heavy atom. The number of rotatable bonds is 4. The van der Waals surface area contributed by atoms with Crippen molar-refractivity contribution in [2.75, 3.05) is 13.1 Å². The van der Waals surface area contributed by atoms with Crippen molar-refractivity contribution >= 4 is 18.3 Å². The minimum absolute atomic E-state index is 0. The van der Waals surface area contributed by atoms with Crippen LogP contribution < -0.4 is 5.73 Å². The van der Waals surface area contributed by atoms with Crippen LogP contribution in [0, 0.1) is 5.92 Å². The monoisotopic (exact) mass is 310 g/mol. The van der Waals surface area contributed by atoms with Crippen molar-refractivity contribution in [2.24, 2.45) is 11.7 Å². The predicted octanol–water partition coefficient (Wildman–Crippen LogP) is 2.80. The van der Waals surface area contributed by atoms with E-state index in [9.17, 15) is 4.79 Å². The molecule has 0 spiro atoms. The second-order valence-electron chi connectivity index (χ2n) is 6.33.